The molecule has 2 rings (SSSR count). The number of hydrogen-bond donors (Lipinski definition) is 1. The minimum absolute atomic E-state index is 0.0654. The Morgan fingerprint density at radius 2 is 2.57 bits per heavy atom. The van der Waals surface area contributed by atoms with Crippen LogP contribution in [0.25, 0.3) is 0 Å². The molecule has 14 heavy (non-hydrogen) atoms. The van der Waals surface area contributed by atoms with Crippen LogP contribution in [0.3, 0.4) is 0 Å². The Kier molecular flexibility index (Phi) is 2.69. The minimum atomic E-state index is 0.0654. The van der Waals surface area contributed by atoms with Crippen LogP contribution in [0.2, 0.25) is 0 Å². The third-order valence-electron chi connectivity index (χ3n) is 2.60. The zero-order valence-electron chi connectivity index (χ0n) is 8.22. The molecular weight excluding hydrogens is 182 g/mol. The minimum Gasteiger partial charge on any atom is -0.432 e. The van der Waals surface area contributed by atoms with Crippen LogP contribution >= 0.6 is 0 Å². The average molecular weight is 197 g/mol. The van der Waals surface area contributed by atoms with Gasteiger partial charge in [-0.05, 0) is 6.42 Å². The van der Waals surface area contributed by atoms with Crippen molar-refractivity contribution in [2.45, 2.75) is 18.6 Å². The van der Waals surface area contributed by atoms with Crippen LogP contribution in [-0.2, 0) is 4.74 Å². The summed E-state index contributed by atoms with van der Waals surface area (Å²) in [7, 11) is 1.68. The highest BCUT2D eigenvalue weighted by Crippen LogP contribution is 2.18. The largest absolute Gasteiger partial charge is 0.432 e. The third kappa shape index (κ3) is 1.73. The lowest BCUT2D eigenvalue weighted by atomic mass is 10.0. The van der Waals surface area contributed by atoms with E-state index in [4.69, 9.17) is 14.9 Å². The van der Waals surface area contributed by atoms with E-state index < -0.39 is 0 Å². The molecule has 0 amide bonds. The number of hydrogen-bond acceptors (Lipinski definition) is 5. The van der Waals surface area contributed by atoms with Gasteiger partial charge in [-0.1, -0.05) is 0 Å². The predicted octanol–water partition coefficient (Wildman–Crippen LogP) is 0.227. The number of aromatic nitrogens is 1. The summed E-state index contributed by atoms with van der Waals surface area (Å²) in [6.07, 6.45) is 4.19. The van der Waals surface area contributed by atoms with Gasteiger partial charge >= 0.3 is 0 Å². The van der Waals surface area contributed by atoms with Crippen LogP contribution in [0.1, 0.15) is 6.42 Å². The molecular formula is C9H15N3O2. The molecule has 1 aliphatic heterocycles. The Bertz CT molecular complexity index is 276. The Morgan fingerprint density at radius 3 is 3.21 bits per heavy atom. The molecule has 2 heterocycles. The molecule has 1 fully saturated rings. The molecule has 0 aliphatic carbocycles. The summed E-state index contributed by atoms with van der Waals surface area (Å²) in [4.78, 5) is 6.15. The monoisotopic (exact) mass is 197 g/mol. The van der Waals surface area contributed by atoms with Crippen molar-refractivity contribution < 1.29 is 9.15 Å². The lowest BCUT2D eigenvalue weighted by molar-refractivity contribution is 0.0717. The number of oxazole rings is 1. The van der Waals surface area contributed by atoms with Crippen molar-refractivity contribution in [2.75, 3.05) is 25.1 Å². The number of ether oxygens (including phenoxy) is 1. The molecule has 1 saturated heterocycles. The van der Waals surface area contributed by atoms with Crippen LogP contribution in [0, 0.1) is 0 Å². The van der Waals surface area contributed by atoms with Gasteiger partial charge < -0.3 is 19.8 Å². The standard InChI is InChI=1S/C9H15N3O2/c1-13-8-6-12(4-2-7(8)10)9-11-3-5-14-9/h3,5,7-8H,2,4,6,10H2,1H3. The quantitative estimate of drug-likeness (QED) is 0.735. The first-order chi connectivity index (χ1) is 6.81. The molecule has 0 radical (unpaired) electrons. The zero-order valence-corrected chi connectivity index (χ0v) is 8.22. The highest BCUT2D eigenvalue weighted by atomic mass is 16.5. The van der Waals surface area contributed by atoms with Crippen molar-refractivity contribution in [2.24, 2.45) is 5.73 Å². The molecule has 1 aromatic rings. The molecule has 0 spiro atoms. The number of nitrogens with two attached hydrogens (primary N) is 1. The number of methoxy groups -OCH3 is 1. The second kappa shape index (κ2) is 3.98. The van der Waals surface area contributed by atoms with Crippen LogP contribution in [0.15, 0.2) is 16.9 Å². The predicted molar refractivity (Wildman–Crippen MR) is 52.1 cm³/mol. The first-order valence-corrected chi connectivity index (χ1v) is 4.74. The Labute approximate surface area is 82.8 Å². The van der Waals surface area contributed by atoms with Gasteiger partial charge in [-0.2, -0.15) is 0 Å². The van der Waals surface area contributed by atoms with Gasteiger partial charge in [-0.25, -0.2) is 4.98 Å². The number of rotatable bonds is 2. The molecule has 1 aromatic heterocycles. The van der Waals surface area contributed by atoms with Gasteiger partial charge in [0.15, 0.2) is 0 Å². The van der Waals surface area contributed by atoms with Gasteiger partial charge in [-0.15, -0.1) is 0 Å². The molecule has 2 atom stereocenters. The Hall–Kier alpha value is -1.07. The fraction of sp³-hybridized carbons (Fsp3) is 0.667. The van der Waals surface area contributed by atoms with E-state index in [1.807, 2.05) is 0 Å². The highest BCUT2D eigenvalue weighted by Gasteiger charge is 2.28. The number of piperidine rings is 1. The van der Waals surface area contributed by atoms with Crippen molar-refractivity contribution in [1.29, 1.82) is 0 Å². The summed E-state index contributed by atoms with van der Waals surface area (Å²) in [6, 6.07) is 0.769. The second-order valence-electron chi connectivity index (χ2n) is 3.49. The number of nitrogens with zero attached hydrogens (tertiary/aromatic N) is 2. The summed E-state index contributed by atoms with van der Waals surface area (Å²) in [5.41, 5.74) is 5.90. The lowest BCUT2D eigenvalue weighted by Crippen LogP contribution is -2.51. The van der Waals surface area contributed by atoms with Crippen LogP contribution in [0.5, 0.6) is 0 Å². The fourth-order valence-corrected chi connectivity index (χ4v) is 1.73. The van der Waals surface area contributed by atoms with Crippen LogP contribution in [0.4, 0.5) is 6.01 Å². The van der Waals surface area contributed by atoms with E-state index in [1.54, 1.807) is 19.6 Å². The normalized spacial score (nSPS) is 28.0. The summed E-state index contributed by atoms with van der Waals surface area (Å²) < 4.78 is 10.5. The second-order valence-corrected chi connectivity index (χ2v) is 3.49. The molecule has 0 bridgehead atoms. The van der Waals surface area contributed by atoms with E-state index in [0.29, 0.717) is 6.01 Å². The smallest absolute Gasteiger partial charge is 0.297 e. The first kappa shape index (κ1) is 9.48. The maximum atomic E-state index is 5.90. The molecule has 5 nitrogen and oxygen atoms in total. The topological polar surface area (TPSA) is 64.5 Å². The van der Waals surface area contributed by atoms with Crippen LogP contribution < -0.4 is 10.6 Å². The van der Waals surface area contributed by atoms with E-state index >= 15 is 0 Å². The van der Waals surface area contributed by atoms with Crippen molar-refractivity contribution in [3.8, 4) is 0 Å². The van der Waals surface area contributed by atoms with Crippen molar-refractivity contribution in [3.05, 3.63) is 12.5 Å². The molecule has 1 aliphatic rings. The molecule has 0 aromatic carbocycles. The molecule has 5 heteroatoms. The van der Waals surface area contributed by atoms with Crippen LogP contribution in [-0.4, -0.2) is 37.3 Å². The van der Waals surface area contributed by atoms with Crippen molar-refractivity contribution in [3.63, 3.8) is 0 Å². The van der Waals surface area contributed by atoms with Gasteiger partial charge in [-0.3, -0.25) is 0 Å². The van der Waals surface area contributed by atoms with Gasteiger partial charge in [0.1, 0.15) is 6.26 Å². The van der Waals surface area contributed by atoms with E-state index in [9.17, 15) is 0 Å². The van der Waals surface area contributed by atoms with E-state index in [0.717, 1.165) is 19.5 Å². The van der Waals surface area contributed by atoms with E-state index in [1.165, 1.54) is 0 Å². The van der Waals surface area contributed by atoms with E-state index in [2.05, 4.69) is 9.88 Å². The first-order valence-electron chi connectivity index (χ1n) is 4.74. The van der Waals surface area contributed by atoms with Gasteiger partial charge in [0, 0.05) is 19.7 Å². The highest BCUT2D eigenvalue weighted by molar-refractivity contribution is 5.26. The maximum absolute atomic E-state index is 5.90. The van der Waals surface area contributed by atoms with E-state index in [-0.39, 0.29) is 12.1 Å². The SMILES string of the molecule is COC1CN(c2ncco2)CCC1N. The van der Waals surface area contributed by atoms with Gasteiger partial charge in [0.05, 0.1) is 18.8 Å². The molecule has 2 unspecified atom stereocenters. The lowest BCUT2D eigenvalue weighted by Gasteiger charge is -2.34. The fourth-order valence-electron chi connectivity index (χ4n) is 1.73. The Morgan fingerprint density at radius 1 is 1.71 bits per heavy atom. The van der Waals surface area contributed by atoms with Crippen molar-refractivity contribution >= 4 is 6.01 Å². The van der Waals surface area contributed by atoms with Gasteiger partial charge in [0.2, 0.25) is 0 Å². The maximum Gasteiger partial charge on any atom is 0.297 e. The number of anilines is 1. The third-order valence-corrected chi connectivity index (χ3v) is 2.60. The molecule has 78 valence electrons. The van der Waals surface area contributed by atoms with Gasteiger partial charge in [0.25, 0.3) is 6.01 Å². The van der Waals surface area contributed by atoms with Crippen molar-refractivity contribution in [1.82, 2.24) is 4.98 Å². The average Bonchev–Trinajstić information content (AvgIpc) is 2.71. The summed E-state index contributed by atoms with van der Waals surface area (Å²) in [6.45, 7) is 1.62. The molecule has 0 saturated carbocycles. The molecule has 2 N–H and O–H groups in total. The Balaban J connectivity index is 2.03. The summed E-state index contributed by atoms with van der Waals surface area (Å²) in [5, 5.41) is 0. The zero-order chi connectivity index (χ0) is 9.97. The summed E-state index contributed by atoms with van der Waals surface area (Å²) >= 11 is 0. The summed E-state index contributed by atoms with van der Waals surface area (Å²) in [5.74, 6) is 0.